The van der Waals surface area contributed by atoms with Crippen molar-refractivity contribution in [2.75, 3.05) is 4.90 Å². The Kier molecular flexibility index (Phi) is 3.94. The summed E-state index contributed by atoms with van der Waals surface area (Å²) >= 11 is 0. The van der Waals surface area contributed by atoms with Gasteiger partial charge in [-0.2, -0.15) is 0 Å². The third-order valence-electron chi connectivity index (χ3n) is 8.74. The lowest BCUT2D eigenvalue weighted by Gasteiger charge is -2.26. The zero-order valence-corrected chi connectivity index (χ0v) is 25.5. The molecule has 0 unspecified atom stereocenters. The largest absolute Gasteiger partial charge is 0.456 e. The number of para-hydroxylation sites is 1. The van der Waals surface area contributed by atoms with Crippen LogP contribution in [0.2, 0.25) is 0 Å². The van der Waals surface area contributed by atoms with Crippen molar-refractivity contribution in [2.45, 2.75) is 0 Å². The smallest absolute Gasteiger partial charge is 0.143 e. The highest BCUT2D eigenvalue weighted by atomic mass is 16.3. The maximum absolute atomic E-state index is 9.92. The fraction of sp³-hybridized carbons (Fsp3) is 0. The Bertz CT molecular complexity index is 3540. The Hall–Kier alpha value is -6.58. The van der Waals surface area contributed by atoms with E-state index in [0.29, 0.717) is 22.5 Å². The Labute approximate surface area is 301 Å². The highest BCUT2D eigenvalue weighted by Gasteiger charge is 2.22. The van der Waals surface area contributed by atoms with Gasteiger partial charge in [-0.05, 0) is 76.1 Å². The quantitative estimate of drug-likeness (QED) is 0.187. The van der Waals surface area contributed by atoms with E-state index in [9.17, 15) is 2.74 Å². The summed E-state index contributed by atoms with van der Waals surface area (Å²) in [6, 6.07) is 21.9. The van der Waals surface area contributed by atoms with Gasteiger partial charge in [0.2, 0.25) is 0 Å². The fourth-order valence-corrected chi connectivity index (χ4v) is 6.53. The molecule has 0 aliphatic carbocycles. The molecule has 0 amide bonds. The summed E-state index contributed by atoms with van der Waals surface area (Å²) in [4.78, 5) is 1.67. The van der Waals surface area contributed by atoms with Gasteiger partial charge in [-0.15, -0.1) is 0 Å². The topological polar surface area (TPSA) is 29.5 Å². The molecule has 0 saturated carbocycles. The molecule has 0 saturated heterocycles. The Morgan fingerprint density at radius 3 is 2.02 bits per heavy atom. The third-order valence-corrected chi connectivity index (χ3v) is 8.74. The lowest BCUT2D eigenvalue weighted by Crippen LogP contribution is -2.10. The van der Waals surface area contributed by atoms with E-state index < -0.39 is 84.1 Å². The van der Waals surface area contributed by atoms with Gasteiger partial charge < -0.3 is 13.7 Å². The summed E-state index contributed by atoms with van der Waals surface area (Å²) < 4.78 is 129. The first-order chi connectivity index (χ1) is 29.7. The van der Waals surface area contributed by atoms with Gasteiger partial charge in [0.05, 0.1) is 28.9 Å². The second-order valence-corrected chi connectivity index (χ2v) is 11.5. The standard InChI is InChI=1S/C46H29NO2/c1-3-12-30(13-4-1)31-22-24-33(25-23-31)47(34-26-27-37-36-17-9-10-20-42(36)48-44(37)28-34)41-19-11-21-43-45(41)40-29-39(32-14-5-2-6-15-32)35-16-7-8-18-38(35)46(40)49-43/h1-29H/i2D,5D,6D,7D,8D,11D,14D,15D,16D,18D,19D,21D,29D. The van der Waals surface area contributed by atoms with E-state index in [1.165, 1.54) is 0 Å². The predicted octanol–water partition coefficient (Wildman–Crippen LogP) is 13.4. The van der Waals surface area contributed by atoms with Crippen LogP contribution in [0.3, 0.4) is 0 Å². The average Bonchev–Trinajstić information content (AvgIpc) is 3.87. The van der Waals surface area contributed by atoms with Crippen molar-refractivity contribution in [1.29, 1.82) is 0 Å². The van der Waals surface area contributed by atoms with Gasteiger partial charge in [0.1, 0.15) is 22.3 Å². The van der Waals surface area contributed by atoms with Crippen molar-refractivity contribution < 1.29 is 26.7 Å². The second-order valence-electron chi connectivity index (χ2n) is 11.5. The van der Waals surface area contributed by atoms with Gasteiger partial charge in [-0.3, -0.25) is 0 Å². The molecule has 10 rings (SSSR count). The lowest BCUT2D eigenvalue weighted by atomic mass is 9.95. The Morgan fingerprint density at radius 2 is 1.16 bits per heavy atom. The molecule has 3 nitrogen and oxygen atoms in total. The molecule has 0 N–H and O–H groups in total. The van der Waals surface area contributed by atoms with Crippen LogP contribution in [0.25, 0.3) is 76.9 Å². The van der Waals surface area contributed by atoms with Crippen LogP contribution in [0, 0.1) is 0 Å². The van der Waals surface area contributed by atoms with Gasteiger partial charge in [0.15, 0.2) is 0 Å². The molecule has 3 heteroatoms. The van der Waals surface area contributed by atoms with Crippen molar-refractivity contribution in [3.63, 3.8) is 0 Å². The number of fused-ring (bicyclic) bond motifs is 8. The molecule has 8 aromatic carbocycles. The van der Waals surface area contributed by atoms with Crippen molar-refractivity contribution in [1.82, 2.24) is 0 Å². The molecule has 2 heterocycles. The number of benzene rings is 8. The van der Waals surface area contributed by atoms with Crippen LogP contribution < -0.4 is 4.90 Å². The van der Waals surface area contributed by atoms with Crippen molar-refractivity contribution >= 4 is 71.7 Å². The first-order valence-corrected chi connectivity index (χ1v) is 15.5. The molecule has 10 aromatic rings. The van der Waals surface area contributed by atoms with Crippen molar-refractivity contribution in [2.24, 2.45) is 0 Å². The van der Waals surface area contributed by atoms with Crippen LogP contribution in [-0.2, 0) is 0 Å². The Morgan fingerprint density at radius 1 is 0.449 bits per heavy atom. The summed E-state index contributed by atoms with van der Waals surface area (Å²) in [6.45, 7) is 0. The second kappa shape index (κ2) is 11.0. The zero-order chi connectivity index (χ0) is 43.6. The summed E-state index contributed by atoms with van der Waals surface area (Å²) in [5.74, 6) is 0. The van der Waals surface area contributed by atoms with Crippen molar-refractivity contribution in [3.05, 3.63) is 176 Å². The van der Waals surface area contributed by atoms with Crippen LogP contribution in [0.5, 0.6) is 0 Å². The third kappa shape index (κ3) is 4.44. The predicted molar refractivity (Wildman–Crippen MR) is 204 cm³/mol. The molecular formula is C46H29NO2. The first-order valence-electron chi connectivity index (χ1n) is 22.0. The zero-order valence-electron chi connectivity index (χ0n) is 38.5. The van der Waals surface area contributed by atoms with Crippen molar-refractivity contribution in [3.8, 4) is 22.3 Å². The minimum atomic E-state index is -0.723. The van der Waals surface area contributed by atoms with E-state index in [-0.39, 0.29) is 44.0 Å². The average molecular weight is 641 g/mol. The molecule has 49 heavy (non-hydrogen) atoms. The van der Waals surface area contributed by atoms with Gasteiger partial charge >= 0.3 is 0 Å². The summed E-state index contributed by atoms with van der Waals surface area (Å²) in [5.41, 5.74) is 2.48. The minimum absolute atomic E-state index is 0.0247. The van der Waals surface area contributed by atoms with Crippen LogP contribution in [0.4, 0.5) is 17.1 Å². The number of hydrogen-bond acceptors (Lipinski definition) is 3. The maximum Gasteiger partial charge on any atom is 0.143 e. The molecular weight excluding hydrogens is 599 g/mol. The van der Waals surface area contributed by atoms with Gasteiger partial charge in [-0.1, -0.05) is 121 Å². The SMILES string of the molecule is [2H]c1c([2H])c([2H])c(-c2c([2H])c3c(oc4c([2H])c([2H])c([2H])c(N(c5ccc(-c6ccccc6)cc5)c5ccc6c(c5)oc5ccccc56)c43)c3c([2H])c([2H])c([2H])c([2H])c23)c([2H])c1[2H]. The molecule has 0 aliphatic heterocycles. The number of hydrogen-bond donors (Lipinski definition) is 0. The molecule has 0 aliphatic rings. The number of furan rings is 2. The monoisotopic (exact) mass is 640 g/mol. The van der Waals surface area contributed by atoms with Gasteiger partial charge in [-0.25, -0.2) is 0 Å². The highest BCUT2D eigenvalue weighted by Crippen LogP contribution is 2.47. The van der Waals surface area contributed by atoms with E-state index in [2.05, 4.69) is 0 Å². The van der Waals surface area contributed by atoms with E-state index in [0.717, 1.165) is 21.9 Å². The highest BCUT2D eigenvalue weighted by molar-refractivity contribution is 6.22. The molecule has 230 valence electrons. The summed E-state index contributed by atoms with van der Waals surface area (Å²) in [6.07, 6.45) is 0. The normalized spacial score (nSPS) is 15.4. The maximum atomic E-state index is 9.92. The molecule has 0 spiro atoms. The van der Waals surface area contributed by atoms with Crippen LogP contribution in [0.1, 0.15) is 17.8 Å². The molecule has 0 radical (unpaired) electrons. The molecule has 0 atom stereocenters. The van der Waals surface area contributed by atoms with E-state index in [1.807, 2.05) is 91.0 Å². The van der Waals surface area contributed by atoms with Crippen LogP contribution in [-0.4, -0.2) is 0 Å². The fourth-order valence-electron chi connectivity index (χ4n) is 6.53. The van der Waals surface area contributed by atoms with E-state index >= 15 is 0 Å². The first kappa shape index (κ1) is 17.5. The number of rotatable bonds is 5. The van der Waals surface area contributed by atoms with E-state index in [4.69, 9.17) is 23.9 Å². The minimum Gasteiger partial charge on any atom is -0.456 e. The molecule has 2 aromatic heterocycles. The molecule has 0 fully saturated rings. The van der Waals surface area contributed by atoms with E-state index in [1.54, 1.807) is 11.0 Å². The van der Waals surface area contributed by atoms with Crippen LogP contribution in [0.15, 0.2) is 184 Å². The lowest BCUT2D eigenvalue weighted by molar-refractivity contribution is 0.669. The number of nitrogens with zero attached hydrogens (tertiary/aromatic N) is 1. The Balaban J connectivity index is 1.39. The molecule has 0 bridgehead atoms. The number of anilines is 3. The summed E-state index contributed by atoms with van der Waals surface area (Å²) in [7, 11) is 0. The summed E-state index contributed by atoms with van der Waals surface area (Å²) in [5, 5.41) is 0.877. The van der Waals surface area contributed by atoms with Crippen LogP contribution >= 0.6 is 0 Å². The van der Waals surface area contributed by atoms with Gasteiger partial charge in [0.25, 0.3) is 0 Å². The van der Waals surface area contributed by atoms with Gasteiger partial charge in [0, 0.05) is 39.0 Å².